The summed E-state index contributed by atoms with van der Waals surface area (Å²) < 4.78 is 16.6. The van der Waals surface area contributed by atoms with Crippen LogP contribution in [-0.4, -0.2) is 35.5 Å². The third-order valence-electron chi connectivity index (χ3n) is 5.53. The number of piperidine rings is 1. The lowest BCUT2D eigenvalue weighted by Crippen LogP contribution is -2.38. The molecule has 1 fully saturated rings. The zero-order chi connectivity index (χ0) is 19.8. The van der Waals surface area contributed by atoms with E-state index < -0.39 is 0 Å². The third kappa shape index (κ3) is 3.68. The standard InChI is InChI=1S/C22H22N2O4S/c1-14-17(23-22(28-14)20-5-3-9-29-20)12-24-8-2-4-16(11-24)21(25)15-6-7-18-19(10-15)27-13-26-18/h3,5-7,9-10,16H,2,4,8,11-13H2,1H3/t16-/m1/s1. The Morgan fingerprint density at radius 2 is 2.17 bits per heavy atom. The Labute approximate surface area is 173 Å². The maximum Gasteiger partial charge on any atom is 0.236 e. The van der Waals surface area contributed by atoms with Gasteiger partial charge >= 0.3 is 0 Å². The first-order valence-electron chi connectivity index (χ1n) is 9.84. The first-order valence-corrected chi connectivity index (χ1v) is 10.7. The second kappa shape index (κ2) is 7.65. The summed E-state index contributed by atoms with van der Waals surface area (Å²) in [6.07, 6.45) is 1.90. The molecule has 0 saturated carbocycles. The quantitative estimate of drug-likeness (QED) is 0.576. The molecule has 5 rings (SSSR count). The molecule has 150 valence electrons. The lowest BCUT2D eigenvalue weighted by atomic mass is 9.89. The fourth-order valence-electron chi connectivity index (χ4n) is 3.99. The monoisotopic (exact) mass is 410 g/mol. The summed E-state index contributed by atoms with van der Waals surface area (Å²) in [6, 6.07) is 9.47. The number of aryl methyl sites for hydroxylation is 1. The van der Waals surface area contributed by atoms with Crippen molar-refractivity contribution in [2.75, 3.05) is 19.9 Å². The van der Waals surface area contributed by atoms with Crippen LogP contribution in [0.2, 0.25) is 0 Å². The Morgan fingerprint density at radius 3 is 3.03 bits per heavy atom. The number of rotatable bonds is 5. The maximum absolute atomic E-state index is 13.1. The number of nitrogens with zero attached hydrogens (tertiary/aromatic N) is 2. The van der Waals surface area contributed by atoms with E-state index in [-0.39, 0.29) is 18.5 Å². The van der Waals surface area contributed by atoms with Crippen molar-refractivity contribution in [3.8, 4) is 22.3 Å². The molecule has 0 bridgehead atoms. The van der Waals surface area contributed by atoms with Crippen LogP contribution in [0.3, 0.4) is 0 Å². The van der Waals surface area contributed by atoms with Gasteiger partial charge < -0.3 is 13.9 Å². The van der Waals surface area contributed by atoms with Gasteiger partial charge in [0.15, 0.2) is 17.3 Å². The summed E-state index contributed by atoms with van der Waals surface area (Å²) in [5.74, 6) is 3.03. The molecule has 1 aromatic carbocycles. The number of aromatic nitrogens is 1. The molecule has 7 heteroatoms. The van der Waals surface area contributed by atoms with E-state index in [0.717, 1.165) is 42.3 Å². The zero-order valence-electron chi connectivity index (χ0n) is 16.2. The summed E-state index contributed by atoms with van der Waals surface area (Å²) in [4.78, 5) is 21.1. The van der Waals surface area contributed by atoms with Crippen molar-refractivity contribution in [2.24, 2.45) is 5.92 Å². The molecule has 2 aliphatic heterocycles. The van der Waals surface area contributed by atoms with Gasteiger partial charge in [0.05, 0.1) is 10.6 Å². The van der Waals surface area contributed by atoms with Gasteiger partial charge in [-0.2, -0.15) is 0 Å². The number of fused-ring (bicyclic) bond motifs is 1. The van der Waals surface area contributed by atoms with Crippen LogP contribution in [0.15, 0.2) is 40.1 Å². The van der Waals surface area contributed by atoms with E-state index in [1.165, 1.54) is 0 Å². The number of carbonyl (C=O) groups excluding carboxylic acids is 1. The van der Waals surface area contributed by atoms with Crippen LogP contribution in [0.1, 0.15) is 34.7 Å². The fourth-order valence-corrected chi connectivity index (χ4v) is 4.64. The summed E-state index contributed by atoms with van der Waals surface area (Å²) in [5.41, 5.74) is 1.64. The molecule has 0 unspecified atom stereocenters. The second-order valence-electron chi connectivity index (χ2n) is 7.51. The van der Waals surface area contributed by atoms with Crippen LogP contribution in [0, 0.1) is 12.8 Å². The first kappa shape index (κ1) is 18.4. The van der Waals surface area contributed by atoms with Crippen molar-refractivity contribution in [1.29, 1.82) is 0 Å². The molecule has 4 heterocycles. The molecule has 0 amide bonds. The van der Waals surface area contributed by atoms with Crippen molar-refractivity contribution >= 4 is 17.1 Å². The molecule has 0 spiro atoms. The molecular formula is C22H22N2O4S. The highest BCUT2D eigenvalue weighted by Gasteiger charge is 2.28. The van der Waals surface area contributed by atoms with Gasteiger partial charge in [-0.1, -0.05) is 6.07 Å². The van der Waals surface area contributed by atoms with Gasteiger partial charge in [0.1, 0.15) is 5.76 Å². The molecule has 0 radical (unpaired) electrons. The van der Waals surface area contributed by atoms with Crippen molar-refractivity contribution in [2.45, 2.75) is 26.3 Å². The molecule has 1 atom stereocenters. The van der Waals surface area contributed by atoms with Gasteiger partial charge in [0.2, 0.25) is 12.7 Å². The fraction of sp³-hybridized carbons (Fsp3) is 0.364. The minimum absolute atomic E-state index is 0.0203. The topological polar surface area (TPSA) is 64.8 Å². The highest BCUT2D eigenvalue weighted by Crippen LogP contribution is 2.34. The molecule has 0 N–H and O–H groups in total. The van der Waals surface area contributed by atoms with Crippen LogP contribution in [0.5, 0.6) is 11.5 Å². The van der Waals surface area contributed by atoms with E-state index in [9.17, 15) is 4.79 Å². The second-order valence-corrected chi connectivity index (χ2v) is 8.45. The predicted molar refractivity (Wildman–Crippen MR) is 109 cm³/mol. The normalized spacial score (nSPS) is 18.9. The number of hydrogen-bond donors (Lipinski definition) is 0. The van der Waals surface area contributed by atoms with Gasteiger partial charge in [-0.25, -0.2) is 4.98 Å². The smallest absolute Gasteiger partial charge is 0.236 e. The molecule has 1 saturated heterocycles. The van der Waals surface area contributed by atoms with E-state index in [2.05, 4.69) is 4.90 Å². The molecule has 29 heavy (non-hydrogen) atoms. The lowest BCUT2D eigenvalue weighted by Gasteiger charge is -2.31. The molecule has 2 aromatic heterocycles. The van der Waals surface area contributed by atoms with Crippen LogP contribution in [-0.2, 0) is 6.54 Å². The average molecular weight is 410 g/mol. The summed E-state index contributed by atoms with van der Waals surface area (Å²) in [5, 5.41) is 2.02. The number of ether oxygens (including phenoxy) is 2. The van der Waals surface area contributed by atoms with Crippen LogP contribution in [0.25, 0.3) is 10.8 Å². The average Bonchev–Trinajstić information content (AvgIpc) is 3.48. The molecule has 6 nitrogen and oxygen atoms in total. The lowest BCUT2D eigenvalue weighted by molar-refractivity contribution is 0.0809. The van der Waals surface area contributed by atoms with Gasteiger partial charge in [-0.15, -0.1) is 11.3 Å². The maximum atomic E-state index is 13.1. The Morgan fingerprint density at radius 1 is 1.28 bits per heavy atom. The molecule has 3 aromatic rings. The van der Waals surface area contributed by atoms with Gasteiger partial charge in [-0.3, -0.25) is 9.69 Å². The number of benzene rings is 1. The Bertz CT molecular complexity index is 1030. The first-order chi connectivity index (χ1) is 14.2. The number of Topliss-reactive ketones (excluding diaryl/α,β-unsaturated/α-hetero) is 1. The summed E-state index contributed by atoms with van der Waals surface area (Å²) >= 11 is 1.62. The van der Waals surface area contributed by atoms with E-state index in [0.29, 0.717) is 29.5 Å². The Hall–Kier alpha value is -2.64. The van der Waals surface area contributed by atoms with Gasteiger partial charge in [0, 0.05) is 24.6 Å². The van der Waals surface area contributed by atoms with Crippen molar-refractivity contribution < 1.29 is 18.7 Å². The van der Waals surface area contributed by atoms with E-state index in [1.807, 2.05) is 36.6 Å². The van der Waals surface area contributed by atoms with Crippen molar-refractivity contribution in [3.05, 3.63) is 52.7 Å². The van der Waals surface area contributed by atoms with Gasteiger partial charge in [0.25, 0.3) is 0 Å². The number of ketones is 1. The molecule has 0 aliphatic carbocycles. The van der Waals surface area contributed by atoms with Crippen LogP contribution >= 0.6 is 11.3 Å². The number of thiophene rings is 1. The molecular weight excluding hydrogens is 388 g/mol. The Kier molecular flexibility index (Phi) is 4.85. The van der Waals surface area contributed by atoms with Crippen molar-refractivity contribution in [3.63, 3.8) is 0 Å². The van der Waals surface area contributed by atoms with Crippen LogP contribution < -0.4 is 9.47 Å². The number of likely N-dealkylation sites (tertiary alicyclic amines) is 1. The Balaban J connectivity index is 1.28. The number of carbonyl (C=O) groups is 1. The minimum atomic E-state index is -0.0203. The van der Waals surface area contributed by atoms with E-state index in [1.54, 1.807) is 17.4 Å². The van der Waals surface area contributed by atoms with Gasteiger partial charge in [-0.05, 0) is 56.0 Å². The predicted octanol–water partition coefficient (Wildman–Crippen LogP) is 4.54. The SMILES string of the molecule is Cc1oc(-c2cccs2)nc1CN1CCC[C@@H](C(=O)c2ccc3c(c2)OCO3)C1. The number of oxazole rings is 1. The number of hydrogen-bond acceptors (Lipinski definition) is 7. The summed E-state index contributed by atoms with van der Waals surface area (Å²) in [7, 11) is 0. The highest BCUT2D eigenvalue weighted by atomic mass is 32.1. The third-order valence-corrected chi connectivity index (χ3v) is 6.39. The molecule has 2 aliphatic rings. The van der Waals surface area contributed by atoms with Crippen molar-refractivity contribution in [1.82, 2.24) is 9.88 Å². The summed E-state index contributed by atoms with van der Waals surface area (Å²) in [6.45, 7) is 4.57. The zero-order valence-corrected chi connectivity index (χ0v) is 17.0. The minimum Gasteiger partial charge on any atom is -0.454 e. The highest BCUT2D eigenvalue weighted by molar-refractivity contribution is 7.13. The van der Waals surface area contributed by atoms with Crippen LogP contribution in [0.4, 0.5) is 0 Å². The van der Waals surface area contributed by atoms with E-state index in [4.69, 9.17) is 18.9 Å². The van der Waals surface area contributed by atoms with E-state index >= 15 is 0 Å². The largest absolute Gasteiger partial charge is 0.454 e.